The molecule has 3 aromatic carbocycles. The predicted molar refractivity (Wildman–Crippen MR) is 126 cm³/mol. The van der Waals surface area contributed by atoms with Crippen LogP contribution >= 0.6 is 0 Å². The Morgan fingerprint density at radius 3 is 2.29 bits per heavy atom. The standard InChI is InChI=1S/C26H29N3O2/c1-4-20-10-8-9-13-22(20)28-24(30)17-27-25(21-11-6-5-7-12-21)26(31)29-23-16-18(2)14-15-19(23)3/h5-16,25,27H,4,17H2,1-3H3,(H,28,30)(H,29,31)/t25-/m1/s1. The second-order valence-corrected chi connectivity index (χ2v) is 7.59. The highest BCUT2D eigenvalue weighted by atomic mass is 16.2. The lowest BCUT2D eigenvalue weighted by molar-refractivity contribution is -0.119. The summed E-state index contributed by atoms with van der Waals surface area (Å²) in [5, 5.41) is 9.07. The van der Waals surface area contributed by atoms with Gasteiger partial charge in [0.25, 0.3) is 0 Å². The number of benzene rings is 3. The molecule has 0 fully saturated rings. The Kier molecular flexibility index (Phi) is 7.57. The zero-order valence-electron chi connectivity index (χ0n) is 18.2. The van der Waals surface area contributed by atoms with Gasteiger partial charge in [0.2, 0.25) is 11.8 Å². The molecule has 0 aliphatic rings. The summed E-state index contributed by atoms with van der Waals surface area (Å²) in [6.07, 6.45) is 0.828. The van der Waals surface area contributed by atoms with Crippen molar-refractivity contribution in [1.82, 2.24) is 5.32 Å². The predicted octanol–water partition coefficient (Wildman–Crippen LogP) is 4.77. The largest absolute Gasteiger partial charge is 0.325 e. The van der Waals surface area contributed by atoms with E-state index in [9.17, 15) is 9.59 Å². The van der Waals surface area contributed by atoms with Crippen molar-refractivity contribution in [3.05, 3.63) is 95.1 Å². The van der Waals surface area contributed by atoms with Crippen LogP contribution in [0.1, 0.15) is 35.2 Å². The van der Waals surface area contributed by atoms with E-state index in [-0.39, 0.29) is 18.4 Å². The number of hydrogen-bond acceptors (Lipinski definition) is 3. The molecule has 0 radical (unpaired) electrons. The lowest BCUT2D eigenvalue weighted by atomic mass is 10.1. The van der Waals surface area contributed by atoms with Crippen molar-refractivity contribution in [1.29, 1.82) is 0 Å². The third-order valence-corrected chi connectivity index (χ3v) is 5.19. The maximum atomic E-state index is 13.1. The molecule has 1 atom stereocenters. The summed E-state index contributed by atoms with van der Waals surface area (Å²) in [6.45, 7) is 6.00. The monoisotopic (exact) mass is 415 g/mol. The van der Waals surface area contributed by atoms with Crippen molar-refractivity contribution in [2.75, 3.05) is 17.2 Å². The summed E-state index contributed by atoms with van der Waals surface area (Å²) in [7, 11) is 0. The molecule has 0 heterocycles. The van der Waals surface area contributed by atoms with Gasteiger partial charge < -0.3 is 10.6 Å². The van der Waals surface area contributed by atoms with Crippen LogP contribution < -0.4 is 16.0 Å². The number of nitrogens with one attached hydrogen (secondary N) is 3. The number of anilines is 2. The number of hydrogen-bond donors (Lipinski definition) is 3. The highest BCUT2D eigenvalue weighted by molar-refractivity contribution is 5.97. The Labute approximate surface area is 183 Å². The first-order valence-corrected chi connectivity index (χ1v) is 10.5. The minimum Gasteiger partial charge on any atom is -0.325 e. The average Bonchev–Trinajstić information content (AvgIpc) is 2.77. The van der Waals surface area contributed by atoms with Crippen molar-refractivity contribution in [3.8, 4) is 0 Å². The van der Waals surface area contributed by atoms with Crippen LogP contribution in [0.5, 0.6) is 0 Å². The van der Waals surface area contributed by atoms with Crippen LogP contribution in [0.4, 0.5) is 11.4 Å². The molecule has 0 bridgehead atoms. The fourth-order valence-electron chi connectivity index (χ4n) is 3.42. The average molecular weight is 416 g/mol. The minimum absolute atomic E-state index is 0.0117. The van der Waals surface area contributed by atoms with Gasteiger partial charge in [-0.3, -0.25) is 14.9 Å². The molecule has 3 aromatic rings. The number of amides is 2. The number of carbonyl (C=O) groups is 2. The third kappa shape index (κ3) is 6.03. The number of aryl methyl sites for hydroxylation is 3. The van der Waals surface area contributed by atoms with Crippen LogP contribution in [-0.2, 0) is 16.0 Å². The Bertz CT molecular complexity index is 1050. The third-order valence-electron chi connectivity index (χ3n) is 5.19. The van der Waals surface area contributed by atoms with Gasteiger partial charge in [-0.15, -0.1) is 0 Å². The fraction of sp³-hybridized carbons (Fsp3) is 0.231. The highest BCUT2D eigenvalue weighted by Crippen LogP contribution is 2.20. The van der Waals surface area contributed by atoms with Crippen LogP contribution in [-0.4, -0.2) is 18.4 Å². The quantitative estimate of drug-likeness (QED) is 0.496. The Morgan fingerprint density at radius 1 is 0.839 bits per heavy atom. The van der Waals surface area contributed by atoms with E-state index in [0.717, 1.165) is 40.0 Å². The number of para-hydroxylation sites is 1. The van der Waals surface area contributed by atoms with E-state index in [1.165, 1.54) is 0 Å². The van der Waals surface area contributed by atoms with Crippen molar-refractivity contribution in [2.24, 2.45) is 0 Å². The van der Waals surface area contributed by atoms with E-state index in [1.54, 1.807) is 0 Å². The summed E-state index contributed by atoms with van der Waals surface area (Å²) in [5.41, 5.74) is 5.50. The van der Waals surface area contributed by atoms with E-state index in [2.05, 4.69) is 16.0 Å². The molecule has 5 heteroatoms. The first-order valence-electron chi connectivity index (χ1n) is 10.5. The second kappa shape index (κ2) is 10.5. The van der Waals surface area contributed by atoms with E-state index in [0.29, 0.717) is 0 Å². The Morgan fingerprint density at radius 2 is 1.55 bits per heavy atom. The summed E-state index contributed by atoms with van der Waals surface area (Å²) >= 11 is 0. The normalized spacial score (nSPS) is 11.6. The van der Waals surface area contributed by atoms with Crippen LogP contribution in [0.3, 0.4) is 0 Å². The lowest BCUT2D eigenvalue weighted by Gasteiger charge is -2.20. The first kappa shape index (κ1) is 22.2. The summed E-state index contributed by atoms with van der Waals surface area (Å²) < 4.78 is 0. The minimum atomic E-state index is -0.659. The van der Waals surface area contributed by atoms with Gasteiger partial charge in [0.05, 0.1) is 6.54 Å². The van der Waals surface area contributed by atoms with Gasteiger partial charge in [-0.25, -0.2) is 0 Å². The number of carbonyl (C=O) groups excluding carboxylic acids is 2. The van der Waals surface area contributed by atoms with Crippen molar-refractivity contribution >= 4 is 23.2 Å². The maximum Gasteiger partial charge on any atom is 0.246 e. The van der Waals surface area contributed by atoms with Gasteiger partial charge in [0, 0.05) is 11.4 Å². The van der Waals surface area contributed by atoms with Crippen LogP contribution in [0.25, 0.3) is 0 Å². The summed E-state index contributed by atoms with van der Waals surface area (Å²) in [6, 6.07) is 22.4. The second-order valence-electron chi connectivity index (χ2n) is 7.59. The molecule has 0 saturated heterocycles. The van der Waals surface area contributed by atoms with Crippen LogP contribution in [0.15, 0.2) is 72.8 Å². The summed E-state index contributed by atoms with van der Waals surface area (Å²) in [5.74, 6) is -0.400. The molecule has 0 unspecified atom stereocenters. The Balaban J connectivity index is 1.73. The van der Waals surface area contributed by atoms with E-state index >= 15 is 0 Å². The molecular formula is C26H29N3O2. The van der Waals surface area contributed by atoms with Gasteiger partial charge in [0.1, 0.15) is 6.04 Å². The van der Waals surface area contributed by atoms with Gasteiger partial charge in [-0.2, -0.15) is 0 Å². The SMILES string of the molecule is CCc1ccccc1NC(=O)CN[C@@H](C(=O)Nc1cc(C)ccc1C)c1ccccc1. The van der Waals surface area contributed by atoms with Gasteiger partial charge in [-0.1, -0.05) is 67.6 Å². The van der Waals surface area contributed by atoms with Crippen LogP contribution in [0.2, 0.25) is 0 Å². The molecular weight excluding hydrogens is 386 g/mol. The molecule has 0 saturated carbocycles. The molecule has 2 amide bonds. The smallest absolute Gasteiger partial charge is 0.246 e. The molecule has 31 heavy (non-hydrogen) atoms. The van der Waals surface area contributed by atoms with Crippen molar-refractivity contribution < 1.29 is 9.59 Å². The molecule has 0 aromatic heterocycles. The van der Waals surface area contributed by atoms with E-state index in [1.807, 2.05) is 93.6 Å². The molecule has 0 spiro atoms. The molecule has 0 aliphatic heterocycles. The molecule has 3 N–H and O–H groups in total. The first-order chi connectivity index (χ1) is 15.0. The number of rotatable bonds is 8. The fourth-order valence-corrected chi connectivity index (χ4v) is 3.42. The summed E-state index contributed by atoms with van der Waals surface area (Å²) in [4.78, 5) is 25.7. The van der Waals surface area contributed by atoms with Gasteiger partial charge in [0.15, 0.2) is 0 Å². The van der Waals surface area contributed by atoms with E-state index < -0.39 is 6.04 Å². The zero-order valence-corrected chi connectivity index (χ0v) is 18.2. The lowest BCUT2D eigenvalue weighted by Crippen LogP contribution is -2.38. The topological polar surface area (TPSA) is 70.2 Å². The maximum absolute atomic E-state index is 13.1. The van der Waals surface area contributed by atoms with Crippen molar-refractivity contribution in [2.45, 2.75) is 33.2 Å². The molecule has 160 valence electrons. The van der Waals surface area contributed by atoms with Crippen molar-refractivity contribution in [3.63, 3.8) is 0 Å². The molecule has 0 aliphatic carbocycles. The highest BCUT2D eigenvalue weighted by Gasteiger charge is 2.22. The Hall–Kier alpha value is -3.44. The molecule has 3 rings (SSSR count). The van der Waals surface area contributed by atoms with Gasteiger partial charge in [-0.05, 0) is 54.7 Å². The van der Waals surface area contributed by atoms with Crippen LogP contribution in [0, 0.1) is 13.8 Å². The zero-order chi connectivity index (χ0) is 22.2. The molecule has 5 nitrogen and oxygen atoms in total. The van der Waals surface area contributed by atoms with Gasteiger partial charge >= 0.3 is 0 Å². The van der Waals surface area contributed by atoms with E-state index in [4.69, 9.17) is 0 Å².